The molecule has 2 aromatic rings. The lowest BCUT2D eigenvalue weighted by Crippen LogP contribution is -2.62. The number of carbonyl (C=O) groups is 2. The molecule has 188 valence electrons. The van der Waals surface area contributed by atoms with Gasteiger partial charge in [0.05, 0.1) is 10.6 Å². The molecule has 11 heteroatoms. The average molecular weight is 520 g/mol. The van der Waals surface area contributed by atoms with Crippen LogP contribution in [0.15, 0.2) is 36.4 Å². The molecule has 1 heterocycles. The quantitative estimate of drug-likeness (QED) is 0.417. The van der Waals surface area contributed by atoms with Crippen LogP contribution in [0.5, 0.6) is 0 Å². The van der Waals surface area contributed by atoms with Crippen molar-refractivity contribution in [3.05, 3.63) is 58.4 Å². The van der Waals surface area contributed by atoms with Gasteiger partial charge in [-0.1, -0.05) is 29.8 Å². The number of alkyl halides is 5. The summed E-state index contributed by atoms with van der Waals surface area (Å²) in [4.78, 5) is 26.3. The van der Waals surface area contributed by atoms with Gasteiger partial charge in [0.2, 0.25) is 5.91 Å². The van der Waals surface area contributed by atoms with Crippen LogP contribution in [0.25, 0.3) is 11.1 Å². The second-order valence-electron chi connectivity index (χ2n) is 9.17. The smallest absolute Gasteiger partial charge is 0.383 e. The molecule has 1 spiro atoms. The number of nitrogens with one attached hydrogen (secondary N) is 1. The zero-order chi connectivity index (χ0) is 26.0. The first kappa shape index (κ1) is 25.5. The van der Waals surface area contributed by atoms with E-state index in [1.807, 2.05) is 0 Å². The molecular weight excluding hydrogens is 500 g/mol. The minimum absolute atomic E-state index is 0.0817. The molecule has 0 aromatic heterocycles. The topological polar surface area (TPSA) is 66.4 Å². The number of carbonyl (C=O) groups excluding carboxylic acids is 2. The predicted octanol–water partition coefficient (Wildman–Crippen LogP) is 5.48. The van der Waals surface area contributed by atoms with E-state index in [4.69, 9.17) is 11.6 Å². The summed E-state index contributed by atoms with van der Waals surface area (Å²) in [5.74, 6) is -8.74. The lowest BCUT2D eigenvalue weighted by atomic mass is 9.69. The van der Waals surface area contributed by atoms with Crippen molar-refractivity contribution >= 4 is 23.3 Å². The standard InChI is InChI=1S/C24H20ClF6NO3/c1-12-2-3-13(14-4-5-16(25)17(26)11-14)10-15(12)18-19(33)21(32-20(18)34)6-8-22(35,9-7-21)23(27,28)24(29,30)31/h2-5,10-11,18,35H,6-9H2,1H3,(H,32,34). The molecule has 2 N–H and O–H groups in total. The zero-order valence-corrected chi connectivity index (χ0v) is 19.0. The maximum Gasteiger partial charge on any atom is 0.456 e. The van der Waals surface area contributed by atoms with Gasteiger partial charge < -0.3 is 10.4 Å². The van der Waals surface area contributed by atoms with E-state index < -0.39 is 72.3 Å². The maximum absolute atomic E-state index is 13.9. The molecular formula is C24H20ClF6NO3. The van der Waals surface area contributed by atoms with Gasteiger partial charge in [-0.05, 0) is 73.1 Å². The van der Waals surface area contributed by atoms with Crippen LogP contribution in [0.3, 0.4) is 0 Å². The largest absolute Gasteiger partial charge is 0.456 e. The third kappa shape index (κ3) is 4.00. The molecule has 35 heavy (non-hydrogen) atoms. The van der Waals surface area contributed by atoms with E-state index in [1.54, 1.807) is 25.1 Å². The van der Waals surface area contributed by atoms with E-state index in [0.717, 1.165) is 0 Å². The molecule has 1 amide bonds. The van der Waals surface area contributed by atoms with E-state index in [2.05, 4.69) is 5.32 Å². The molecule has 2 fully saturated rings. The van der Waals surface area contributed by atoms with Gasteiger partial charge in [-0.2, -0.15) is 22.0 Å². The maximum atomic E-state index is 13.9. The van der Waals surface area contributed by atoms with E-state index in [-0.39, 0.29) is 5.02 Å². The zero-order valence-electron chi connectivity index (χ0n) is 18.3. The highest BCUT2D eigenvalue weighted by molar-refractivity contribution is 6.30. The Bertz CT molecular complexity index is 1200. The van der Waals surface area contributed by atoms with Crippen molar-refractivity contribution in [1.82, 2.24) is 5.32 Å². The van der Waals surface area contributed by atoms with Gasteiger partial charge in [-0.3, -0.25) is 9.59 Å². The highest BCUT2D eigenvalue weighted by Gasteiger charge is 2.71. The fourth-order valence-corrected chi connectivity index (χ4v) is 5.01. The van der Waals surface area contributed by atoms with Crippen molar-refractivity contribution in [2.45, 2.75) is 61.8 Å². The lowest BCUT2D eigenvalue weighted by Gasteiger charge is -2.44. The second kappa shape index (κ2) is 8.23. The first-order chi connectivity index (χ1) is 16.1. The van der Waals surface area contributed by atoms with Crippen LogP contribution in [-0.2, 0) is 9.59 Å². The van der Waals surface area contributed by atoms with Gasteiger partial charge in [-0.25, -0.2) is 4.39 Å². The second-order valence-corrected chi connectivity index (χ2v) is 9.58. The predicted molar refractivity (Wildman–Crippen MR) is 115 cm³/mol. The summed E-state index contributed by atoms with van der Waals surface area (Å²) in [6.07, 6.45) is -9.16. The van der Waals surface area contributed by atoms with Gasteiger partial charge in [0.25, 0.3) is 0 Å². The first-order valence-corrected chi connectivity index (χ1v) is 11.1. The monoisotopic (exact) mass is 519 g/mol. The van der Waals surface area contributed by atoms with E-state index in [9.17, 15) is 41.0 Å². The summed E-state index contributed by atoms with van der Waals surface area (Å²) in [6.45, 7) is 1.65. The Morgan fingerprint density at radius 3 is 2.11 bits per heavy atom. The van der Waals surface area contributed by atoms with Crippen molar-refractivity contribution in [2.75, 3.05) is 0 Å². The SMILES string of the molecule is Cc1ccc(-c2ccc(Cl)c(F)c2)cc1C1C(=O)NC2(CCC(O)(C(F)(F)C(F)(F)F)CC2)C1=O. The van der Waals surface area contributed by atoms with Crippen LogP contribution < -0.4 is 5.32 Å². The lowest BCUT2D eigenvalue weighted by molar-refractivity contribution is -0.347. The van der Waals surface area contributed by atoms with Crippen LogP contribution >= 0.6 is 11.6 Å². The number of hydrogen-bond acceptors (Lipinski definition) is 3. The van der Waals surface area contributed by atoms with Crippen molar-refractivity contribution in [3.63, 3.8) is 0 Å². The molecule has 2 aliphatic rings. The fraction of sp³-hybridized carbons (Fsp3) is 0.417. The summed E-state index contributed by atoms with van der Waals surface area (Å²) < 4.78 is 80.3. The number of benzene rings is 2. The molecule has 1 aliphatic carbocycles. The van der Waals surface area contributed by atoms with Gasteiger partial charge in [-0.15, -0.1) is 0 Å². The molecule has 4 rings (SSSR count). The molecule has 1 unspecified atom stereocenters. The van der Waals surface area contributed by atoms with E-state index in [1.165, 1.54) is 18.2 Å². The van der Waals surface area contributed by atoms with Gasteiger partial charge in [0.15, 0.2) is 5.78 Å². The minimum Gasteiger partial charge on any atom is -0.383 e. The number of halogens is 7. The number of hydrogen-bond donors (Lipinski definition) is 2. The van der Waals surface area contributed by atoms with Crippen LogP contribution in [0.1, 0.15) is 42.7 Å². The van der Waals surface area contributed by atoms with Crippen LogP contribution in [0.2, 0.25) is 5.02 Å². The van der Waals surface area contributed by atoms with Crippen molar-refractivity contribution < 1.29 is 41.0 Å². The summed E-state index contributed by atoms with van der Waals surface area (Å²) in [5, 5.41) is 12.5. The number of amides is 1. The normalized spacial score (nSPS) is 27.4. The summed E-state index contributed by atoms with van der Waals surface area (Å²) in [7, 11) is 0. The Morgan fingerprint density at radius 2 is 1.54 bits per heavy atom. The van der Waals surface area contributed by atoms with Crippen molar-refractivity contribution in [2.24, 2.45) is 0 Å². The third-order valence-electron chi connectivity index (χ3n) is 7.07. The van der Waals surface area contributed by atoms with Gasteiger partial charge >= 0.3 is 12.1 Å². The molecule has 1 saturated heterocycles. The molecule has 1 saturated carbocycles. The van der Waals surface area contributed by atoms with Crippen LogP contribution in [0.4, 0.5) is 26.3 Å². The van der Waals surface area contributed by atoms with E-state index in [0.29, 0.717) is 22.3 Å². The van der Waals surface area contributed by atoms with Crippen molar-refractivity contribution in [3.8, 4) is 11.1 Å². The highest BCUT2D eigenvalue weighted by atomic mass is 35.5. The van der Waals surface area contributed by atoms with Crippen LogP contribution in [-0.4, -0.2) is 40.0 Å². The van der Waals surface area contributed by atoms with Crippen LogP contribution in [0, 0.1) is 12.7 Å². The van der Waals surface area contributed by atoms with Gasteiger partial charge in [0.1, 0.15) is 17.3 Å². The number of aliphatic hydroxyl groups is 1. The molecule has 1 atom stereocenters. The highest BCUT2D eigenvalue weighted by Crippen LogP contribution is 2.52. The average Bonchev–Trinajstić information content (AvgIpc) is 3.01. The Hall–Kier alpha value is -2.59. The summed E-state index contributed by atoms with van der Waals surface area (Å²) in [6, 6.07) is 8.93. The number of ketones is 1. The molecule has 1 aliphatic heterocycles. The third-order valence-corrected chi connectivity index (χ3v) is 7.38. The summed E-state index contributed by atoms with van der Waals surface area (Å²) >= 11 is 5.72. The number of rotatable bonds is 3. The first-order valence-electron chi connectivity index (χ1n) is 10.7. The fourth-order valence-electron chi connectivity index (χ4n) is 4.89. The van der Waals surface area contributed by atoms with Gasteiger partial charge in [0, 0.05) is 0 Å². The molecule has 4 nitrogen and oxygen atoms in total. The number of aryl methyl sites for hydroxylation is 1. The van der Waals surface area contributed by atoms with E-state index >= 15 is 0 Å². The molecule has 0 bridgehead atoms. The Balaban J connectivity index is 1.63. The number of Topliss-reactive ketones (excluding diaryl/α,β-unsaturated/α-hetero) is 1. The Morgan fingerprint density at radius 1 is 0.971 bits per heavy atom. The molecule has 2 aromatic carbocycles. The Labute approximate surface area is 201 Å². The molecule has 0 radical (unpaired) electrons. The van der Waals surface area contributed by atoms with Crippen molar-refractivity contribution in [1.29, 1.82) is 0 Å². The summed E-state index contributed by atoms with van der Waals surface area (Å²) in [5.41, 5.74) is -3.25. The Kier molecular flexibility index (Phi) is 6.00. The minimum atomic E-state index is -5.96.